The number of nitrogens with two attached hydrogens (primary N) is 3. The van der Waals surface area contributed by atoms with E-state index in [0.29, 0.717) is 12.1 Å². The van der Waals surface area contributed by atoms with E-state index in [9.17, 15) is 32.7 Å². The van der Waals surface area contributed by atoms with Crippen LogP contribution in [-0.2, 0) is 11.2 Å². The summed E-state index contributed by atoms with van der Waals surface area (Å²) in [6, 6.07) is 5.05. The summed E-state index contributed by atoms with van der Waals surface area (Å²) in [6.45, 7) is -1.21. The normalized spacial score (nSPS) is 20.1. The van der Waals surface area contributed by atoms with Crippen LogP contribution in [0.1, 0.15) is 5.56 Å². The molecule has 3 rings (SSSR count). The Bertz CT molecular complexity index is 957. The van der Waals surface area contributed by atoms with E-state index in [1.165, 1.54) is 9.80 Å². The number of urea groups is 2. The first-order valence-corrected chi connectivity index (χ1v) is 9.92. The fraction of sp³-hybridized carbons (Fsp3) is 0.474. The summed E-state index contributed by atoms with van der Waals surface area (Å²) < 4.78 is 37.9. The Hall–Kier alpha value is -3.55. The maximum Gasteiger partial charge on any atom is 0.453 e. The van der Waals surface area contributed by atoms with Crippen LogP contribution >= 0.6 is 0 Å². The highest BCUT2D eigenvalue weighted by molar-refractivity contribution is 5.95. The molecule has 4 amide bonds. The average molecular weight is 471 g/mol. The van der Waals surface area contributed by atoms with Gasteiger partial charge in [-0.1, -0.05) is 12.1 Å². The summed E-state index contributed by atoms with van der Waals surface area (Å²) >= 11 is 0. The first-order chi connectivity index (χ1) is 15.3. The van der Waals surface area contributed by atoms with Gasteiger partial charge in [-0.25, -0.2) is 14.6 Å². The number of benzene rings is 1. The standard InChI is InChI=1S/C19H24F3N7O4/c20-19(21,22)14(30)18(33)9-28(10-18)17(32)27-5-6-29(16(25)31)13(8-27)7-11-1-3-12(4-2-11)26-15(23)24/h1-4,13,33H,5-10H2,(H2,25,31)(H4,23,24,26). The SMILES string of the molecule is NC(=O)N1CCN(C(=O)N2CC(O)(C(=O)C(F)(F)F)C2)CC1Cc1ccc(N=C(N)N)cc1. The average Bonchev–Trinajstić information content (AvgIpc) is 2.70. The van der Waals surface area contributed by atoms with E-state index in [-0.39, 0.29) is 25.6 Å². The number of hydrogen-bond acceptors (Lipinski definition) is 5. The van der Waals surface area contributed by atoms with Gasteiger partial charge < -0.3 is 37.0 Å². The summed E-state index contributed by atoms with van der Waals surface area (Å²) in [4.78, 5) is 43.6. The van der Waals surface area contributed by atoms with Gasteiger partial charge in [0.15, 0.2) is 11.6 Å². The summed E-state index contributed by atoms with van der Waals surface area (Å²) in [7, 11) is 0. The zero-order valence-corrected chi connectivity index (χ0v) is 17.5. The zero-order chi connectivity index (χ0) is 24.6. The first kappa shape index (κ1) is 24.1. The molecule has 7 N–H and O–H groups in total. The van der Waals surface area contributed by atoms with Gasteiger partial charge in [0.2, 0.25) is 0 Å². The topological polar surface area (TPSA) is 172 Å². The largest absolute Gasteiger partial charge is 0.453 e. The monoisotopic (exact) mass is 471 g/mol. The van der Waals surface area contributed by atoms with Crippen LogP contribution in [0.2, 0.25) is 0 Å². The Kier molecular flexibility index (Phi) is 6.40. The number of carbonyl (C=O) groups excluding carboxylic acids is 3. The van der Waals surface area contributed by atoms with E-state index in [2.05, 4.69) is 4.99 Å². The van der Waals surface area contributed by atoms with Gasteiger partial charge in [-0.15, -0.1) is 0 Å². The lowest BCUT2D eigenvalue weighted by atomic mass is 9.89. The highest BCUT2D eigenvalue weighted by atomic mass is 19.4. The fourth-order valence-electron chi connectivity index (χ4n) is 3.95. The van der Waals surface area contributed by atoms with Crippen LogP contribution < -0.4 is 17.2 Å². The van der Waals surface area contributed by atoms with Gasteiger partial charge in [-0.05, 0) is 24.1 Å². The predicted molar refractivity (Wildman–Crippen MR) is 110 cm³/mol. The minimum Gasteiger partial charge on any atom is -0.378 e. The number of Topliss-reactive ketones (excluding diaryl/α,β-unsaturated/α-hetero) is 1. The number of likely N-dealkylation sites (tertiary alicyclic amines) is 1. The van der Waals surface area contributed by atoms with Crippen LogP contribution in [0.5, 0.6) is 0 Å². The molecule has 0 saturated carbocycles. The zero-order valence-electron chi connectivity index (χ0n) is 17.5. The summed E-state index contributed by atoms with van der Waals surface area (Å²) in [5.74, 6) is -2.38. The van der Waals surface area contributed by atoms with Crippen LogP contribution in [0.25, 0.3) is 0 Å². The van der Waals surface area contributed by atoms with E-state index in [1.807, 2.05) is 0 Å². The Morgan fingerprint density at radius 2 is 1.67 bits per heavy atom. The lowest BCUT2D eigenvalue weighted by Gasteiger charge is -2.48. The molecule has 1 unspecified atom stereocenters. The van der Waals surface area contributed by atoms with Crippen molar-refractivity contribution in [2.75, 3.05) is 32.7 Å². The second kappa shape index (κ2) is 8.77. The number of hydrogen-bond donors (Lipinski definition) is 4. The Labute approximate surface area is 186 Å². The van der Waals surface area contributed by atoms with Gasteiger partial charge in [0, 0.05) is 19.6 Å². The van der Waals surface area contributed by atoms with Gasteiger partial charge in [-0.3, -0.25) is 4.79 Å². The number of guanidine groups is 1. The number of nitrogens with zero attached hydrogens (tertiary/aromatic N) is 4. The fourth-order valence-corrected chi connectivity index (χ4v) is 3.95. The van der Waals surface area contributed by atoms with Gasteiger partial charge in [0.25, 0.3) is 5.78 Å². The van der Waals surface area contributed by atoms with E-state index in [4.69, 9.17) is 17.2 Å². The number of alkyl halides is 3. The quantitative estimate of drug-likeness (QED) is 0.340. The van der Waals surface area contributed by atoms with Gasteiger partial charge in [0.1, 0.15) is 0 Å². The summed E-state index contributed by atoms with van der Waals surface area (Å²) in [5.41, 5.74) is 14.9. The molecule has 2 saturated heterocycles. The van der Waals surface area contributed by atoms with E-state index < -0.39 is 48.8 Å². The molecule has 0 spiro atoms. The van der Waals surface area contributed by atoms with Crippen LogP contribution in [0, 0.1) is 0 Å². The molecular formula is C19H24F3N7O4. The minimum absolute atomic E-state index is 0.0690. The van der Waals surface area contributed by atoms with Gasteiger partial charge in [0.05, 0.1) is 24.8 Å². The maximum atomic E-state index is 12.7. The number of amides is 4. The van der Waals surface area contributed by atoms with Crippen LogP contribution in [-0.4, -0.2) is 94.2 Å². The van der Waals surface area contributed by atoms with Crippen molar-refractivity contribution in [2.24, 2.45) is 22.2 Å². The summed E-state index contributed by atoms with van der Waals surface area (Å²) in [5, 5.41) is 9.89. The molecule has 0 radical (unpaired) electrons. The van der Waals surface area contributed by atoms with Gasteiger partial charge >= 0.3 is 18.2 Å². The van der Waals surface area contributed by atoms with Crippen LogP contribution in [0.4, 0.5) is 28.4 Å². The molecule has 0 bridgehead atoms. The lowest BCUT2D eigenvalue weighted by Crippen LogP contribution is -2.72. The molecule has 2 fully saturated rings. The highest BCUT2D eigenvalue weighted by Crippen LogP contribution is 2.31. The van der Waals surface area contributed by atoms with Crippen LogP contribution in [0.3, 0.4) is 0 Å². The molecule has 0 aliphatic carbocycles. The van der Waals surface area contributed by atoms with Crippen molar-refractivity contribution in [3.63, 3.8) is 0 Å². The minimum atomic E-state index is -5.20. The second-order valence-electron chi connectivity index (χ2n) is 8.04. The number of aliphatic imine (C=N–C) groups is 1. The molecule has 180 valence electrons. The third kappa shape index (κ3) is 5.27. The van der Waals surface area contributed by atoms with E-state index in [0.717, 1.165) is 10.5 Å². The van der Waals surface area contributed by atoms with Crippen molar-refractivity contribution in [3.8, 4) is 0 Å². The van der Waals surface area contributed by atoms with E-state index in [1.54, 1.807) is 24.3 Å². The number of carbonyl (C=O) groups is 3. The number of β-amino-alcohol motifs (C(OH)–C–C–N with tert-alkyl or cyclic N) is 1. The number of ketones is 1. The highest BCUT2D eigenvalue weighted by Gasteiger charge is 2.59. The third-order valence-corrected chi connectivity index (χ3v) is 5.56. The number of aliphatic hydroxyl groups is 1. The molecule has 33 heavy (non-hydrogen) atoms. The Morgan fingerprint density at radius 3 is 2.18 bits per heavy atom. The lowest BCUT2D eigenvalue weighted by molar-refractivity contribution is -0.201. The van der Waals surface area contributed by atoms with E-state index >= 15 is 0 Å². The number of rotatable bonds is 4. The van der Waals surface area contributed by atoms with Crippen molar-refractivity contribution in [1.29, 1.82) is 0 Å². The Morgan fingerprint density at radius 1 is 1.06 bits per heavy atom. The number of halogens is 3. The maximum absolute atomic E-state index is 12.7. The molecule has 0 aromatic heterocycles. The van der Waals surface area contributed by atoms with Gasteiger partial charge in [-0.2, -0.15) is 13.2 Å². The summed E-state index contributed by atoms with van der Waals surface area (Å²) in [6.07, 6.45) is -4.86. The molecule has 2 heterocycles. The molecule has 1 atom stereocenters. The number of primary amides is 1. The molecule has 1 aromatic carbocycles. The second-order valence-corrected chi connectivity index (χ2v) is 8.04. The smallest absolute Gasteiger partial charge is 0.378 e. The number of piperazine rings is 1. The predicted octanol–water partition coefficient (Wildman–Crippen LogP) is -0.503. The van der Waals surface area contributed by atoms with Crippen molar-refractivity contribution >= 4 is 29.5 Å². The van der Waals surface area contributed by atoms with Crippen molar-refractivity contribution in [1.82, 2.24) is 14.7 Å². The molecular weight excluding hydrogens is 447 g/mol. The Balaban J connectivity index is 1.66. The molecule has 14 heteroatoms. The van der Waals surface area contributed by atoms with Crippen molar-refractivity contribution in [2.45, 2.75) is 24.2 Å². The first-order valence-electron chi connectivity index (χ1n) is 9.92. The molecule has 1 aromatic rings. The molecule has 2 aliphatic rings. The van der Waals surface area contributed by atoms with Crippen molar-refractivity contribution in [3.05, 3.63) is 29.8 Å². The molecule has 11 nitrogen and oxygen atoms in total. The molecule has 2 aliphatic heterocycles. The van der Waals surface area contributed by atoms with Crippen LogP contribution in [0.15, 0.2) is 29.3 Å². The third-order valence-electron chi connectivity index (χ3n) is 5.56. The van der Waals surface area contributed by atoms with Crippen molar-refractivity contribution < 1.29 is 32.7 Å².